The molecule has 0 unspecified atom stereocenters. The van der Waals surface area contributed by atoms with Crippen LogP contribution >= 0.6 is 0 Å². The molecule has 2 aromatic heterocycles. The zero-order valence-corrected chi connectivity index (χ0v) is 17.3. The van der Waals surface area contributed by atoms with Crippen molar-refractivity contribution < 1.29 is 14.3 Å². The van der Waals surface area contributed by atoms with Crippen LogP contribution in [0.15, 0.2) is 36.7 Å². The minimum Gasteiger partial charge on any atom is -0.391 e. The number of halogens is 1. The standard InChI is InChI=1S/C22H25FN6O2/c1-14-4-5-15(23)11-17(14)19-3-2-8-28(19)20-7-10-29-21(26-20)18(12-24-29)25-22(31)27-9-6-16(30)13-27/h4-5,7,10-12,16,19,30H,2-3,6,8-9,13H2,1H3,(H,25,31)/t16-,19-/m1/s1. The Labute approximate surface area is 179 Å². The number of carbonyl (C=O) groups is 1. The lowest BCUT2D eigenvalue weighted by Gasteiger charge is -2.27. The molecule has 4 heterocycles. The Hall–Kier alpha value is -3.20. The summed E-state index contributed by atoms with van der Waals surface area (Å²) in [5.74, 6) is 0.537. The van der Waals surface area contributed by atoms with E-state index >= 15 is 0 Å². The summed E-state index contributed by atoms with van der Waals surface area (Å²) in [6, 6.07) is 6.60. The second-order valence-electron chi connectivity index (χ2n) is 8.28. The van der Waals surface area contributed by atoms with Gasteiger partial charge in [0.15, 0.2) is 5.65 Å². The molecular weight excluding hydrogens is 399 g/mol. The summed E-state index contributed by atoms with van der Waals surface area (Å²) in [5.41, 5.74) is 3.11. The van der Waals surface area contributed by atoms with E-state index in [9.17, 15) is 14.3 Å². The van der Waals surface area contributed by atoms with Crippen LogP contribution in [0.25, 0.3) is 5.65 Å². The Bertz CT molecular complexity index is 1130. The summed E-state index contributed by atoms with van der Waals surface area (Å²) < 4.78 is 15.5. The van der Waals surface area contributed by atoms with Crippen molar-refractivity contribution >= 4 is 23.2 Å². The molecule has 1 aromatic carbocycles. The molecule has 0 saturated carbocycles. The highest BCUT2D eigenvalue weighted by molar-refractivity contribution is 5.93. The first-order valence-corrected chi connectivity index (χ1v) is 10.6. The van der Waals surface area contributed by atoms with Gasteiger partial charge in [0.05, 0.1) is 18.3 Å². The largest absolute Gasteiger partial charge is 0.391 e. The van der Waals surface area contributed by atoms with E-state index in [0.717, 1.165) is 36.3 Å². The summed E-state index contributed by atoms with van der Waals surface area (Å²) >= 11 is 0. The van der Waals surface area contributed by atoms with Crippen molar-refractivity contribution in [2.24, 2.45) is 0 Å². The molecule has 3 aromatic rings. The van der Waals surface area contributed by atoms with E-state index in [2.05, 4.69) is 15.3 Å². The van der Waals surface area contributed by atoms with Crippen molar-refractivity contribution in [2.45, 2.75) is 38.3 Å². The quantitative estimate of drug-likeness (QED) is 0.675. The number of carbonyl (C=O) groups excluding carboxylic acids is 1. The number of nitrogens with zero attached hydrogens (tertiary/aromatic N) is 5. The number of β-amino-alcohol motifs (C(OH)–C–C–N with tert-alkyl or cyclic N) is 1. The topological polar surface area (TPSA) is 86.0 Å². The maximum Gasteiger partial charge on any atom is 0.322 e. The SMILES string of the molecule is Cc1ccc(F)cc1[C@H]1CCCN1c1ccn2ncc(NC(=O)N3CC[C@@H](O)C3)c2n1. The number of aliphatic hydroxyl groups is 1. The highest BCUT2D eigenvalue weighted by atomic mass is 19.1. The first-order chi connectivity index (χ1) is 15.0. The fraction of sp³-hybridized carbons (Fsp3) is 0.409. The van der Waals surface area contributed by atoms with Crippen LogP contribution in [0.4, 0.5) is 20.7 Å². The van der Waals surface area contributed by atoms with Crippen molar-refractivity contribution in [1.29, 1.82) is 0 Å². The minimum absolute atomic E-state index is 0.0534. The molecule has 0 aliphatic carbocycles. The first-order valence-electron chi connectivity index (χ1n) is 10.6. The lowest BCUT2D eigenvalue weighted by atomic mass is 9.99. The number of aliphatic hydroxyl groups excluding tert-OH is 1. The predicted octanol–water partition coefficient (Wildman–Crippen LogP) is 3.12. The molecule has 2 saturated heterocycles. The number of likely N-dealkylation sites (tertiary alicyclic amines) is 1. The summed E-state index contributed by atoms with van der Waals surface area (Å²) in [7, 11) is 0. The Morgan fingerprint density at radius 1 is 1.26 bits per heavy atom. The fourth-order valence-corrected chi connectivity index (χ4v) is 4.56. The van der Waals surface area contributed by atoms with Crippen LogP contribution in [0.2, 0.25) is 0 Å². The van der Waals surface area contributed by atoms with Crippen LogP contribution in [0.1, 0.15) is 36.4 Å². The molecule has 2 N–H and O–H groups in total. The Morgan fingerprint density at radius 2 is 2.13 bits per heavy atom. The number of aromatic nitrogens is 3. The van der Waals surface area contributed by atoms with Crippen molar-refractivity contribution in [3.63, 3.8) is 0 Å². The molecule has 8 nitrogen and oxygen atoms in total. The number of urea groups is 1. The predicted molar refractivity (Wildman–Crippen MR) is 115 cm³/mol. The maximum absolute atomic E-state index is 13.9. The van der Waals surface area contributed by atoms with Crippen molar-refractivity contribution in [3.8, 4) is 0 Å². The number of anilines is 2. The number of rotatable bonds is 3. The van der Waals surface area contributed by atoms with Gasteiger partial charge in [0.2, 0.25) is 0 Å². The van der Waals surface area contributed by atoms with E-state index in [1.807, 2.05) is 25.3 Å². The number of fused-ring (bicyclic) bond motifs is 1. The van der Waals surface area contributed by atoms with Crippen molar-refractivity contribution in [1.82, 2.24) is 19.5 Å². The zero-order valence-electron chi connectivity index (χ0n) is 17.3. The van der Waals surface area contributed by atoms with E-state index in [0.29, 0.717) is 30.8 Å². The molecule has 5 rings (SSSR count). The summed E-state index contributed by atoms with van der Waals surface area (Å²) in [4.78, 5) is 21.1. The fourth-order valence-electron chi connectivity index (χ4n) is 4.56. The summed E-state index contributed by atoms with van der Waals surface area (Å²) in [5, 5.41) is 16.8. The molecule has 2 amide bonds. The molecule has 162 valence electrons. The zero-order chi connectivity index (χ0) is 21.5. The van der Waals surface area contributed by atoms with Gasteiger partial charge in [0.25, 0.3) is 0 Å². The van der Waals surface area contributed by atoms with Crippen LogP contribution in [-0.4, -0.2) is 56.4 Å². The van der Waals surface area contributed by atoms with Crippen molar-refractivity contribution in [2.75, 3.05) is 29.9 Å². The highest BCUT2D eigenvalue weighted by Gasteiger charge is 2.29. The van der Waals surface area contributed by atoms with E-state index in [1.165, 1.54) is 6.07 Å². The number of hydrogen-bond acceptors (Lipinski definition) is 5. The minimum atomic E-state index is -0.474. The van der Waals surface area contributed by atoms with Gasteiger partial charge in [0.1, 0.15) is 17.3 Å². The van der Waals surface area contributed by atoms with Crippen LogP contribution < -0.4 is 10.2 Å². The number of amides is 2. The summed E-state index contributed by atoms with van der Waals surface area (Å²) in [6.07, 6.45) is 5.43. The molecule has 0 bridgehead atoms. The number of aryl methyl sites for hydroxylation is 1. The van der Waals surface area contributed by atoms with Gasteiger partial charge in [0, 0.05) is 25.8 Å². The van der Waals surface area contributed by atoms with Crippen LogP contribution in [-0.2, 0) is 0 Å². The van der Waals surface area contributed by atoms with Crippen LogP contribution in [0.3, 0.4) is 0 Å². The number of nitrogens with one attached hydrogen (secondary N) is 1. The van der Waals surface area contributed by atoms with E-state index in [1.54, 1.807) is 21.7 Å². The Balaban J connectivity index is 1.43. The molecule has 0 spiro atoms. The molecule has 31 heavy (non-hydrogen) atoms. The summed E-state index contributed by atoms with van der Waals surface area (Å²) in [6.45, 7) is 3.67. The Kier molecular flexibility index (Phi) is 4.97. The second kappa shape index (κ2) is 7.81. The van der Waals surface area contributed by atoms with Gasteiger partial charge in [-0.25, -0.2) is 18.7 Å². The van der Waals surface area contributed by atoms with Gasteiger partial charge in [-0.2, -0.15) is 5.10 Å². The lowest BCUT2D eigenvalue weighted by molar-refractivity contribution is 0.176. The normalized spacial score (nSPS) is 21.3. The van der Waals surface area contributed by atoms with Gasteiger partial charge >= 0.3 is 6.03 Å². The van der Waals surface area contributed by atoms with Crippen LogP contribution in [0, 0.1) is 12.7 Å². The molecule has 2 atom stereocenters. The van der Waals surface area contributed by atoms with E-state index in [4.69, 9.17) is 4.98 Å². The third-order valence-corrected chi connectivity index (χ3v) is 6.19. The average molecular weight is 424 g/mol. The molecule has 2 aliphatic rings. The lowest BCUT2D eigenvalue weighted by Crippen LogP contribution is -2.33. The second-order valence-corrected chi connectivity index (χ2v) is 8.28. The van der Waals surface area contributed by atoms with Gasteiger partial charge in [-0.05, 0) is 55.5 Å². The maximum atomic E-state index is 13.9. The molecular formula is C22H25FN6O2. The third-order valence-electron chi connectivity index (χ3n) is 6.19. The number of benzene rings is 1. The average Bonchev–Trinajstić information content (AvgIpc) is 3.49. The third kappa shape index (κ3) is 3.69. The van der Waals surface area contributed by atoms with E-state index < -0.39 is 6.10 Å². The molecule has 9 heteroatoms. The van der Waals surface area contributed by atoms with Gasteiger partial charge in [-0.3, -0.25) is 0 Å². The van der Waals surface area contributed by atoms with E-state index in [-0.39, 0.29) is 17.9 Å². The highest BCUT2D eigenvalue weighted by Crippen LogP contribution is 2.37. The first kappa shape index (κ1) is 19.7. The van der Waals surface area contributed by atoms with Gasteiger partial charge < -0.3 is 20.2 Å². The molecule has 2 aliphatic heterocycles. The number of hydrogen-bond donors (Lipinski definition) is 2. The van der Waals surface area contributed by atoms with Crippen molar-refractivity contribution in [3.05, 3.63) is 53.6 Å². The Morgan fingerprint density at radius 3 is 2.94 bits per heavy atom. The van der Waals surface area contributed by atoms with Crippen LogP contribution in [0.5, 0.6) is 0 Å². The smallest absolute Gasteiger partial charge is 0.322 e. The molecule has 0 radical (unpaired) electrons. The molecule has 2 fully saturated rings. The monoisotopic (exact) mass is 424 g/mol. The van der Waals surface area contributed by atoms with Gasteiger partial charge in [-0.1, -0.05) is 6.07 Å². The van der Waals surface area contributed by atoms with Gasteiger partial charge in [-0.15, -0.1) is 0 Å².